The molecule has 3 heteroatoms. The first-order valence-electron chi connectivity index (χ1n) is 4.39. The topological polar surface area (TPSA) is 75.9 Å². The molecule has 5 N–H and O–H groups in total. The van der Waals surface area contributed by atoms with Crippen molar-refractivity contribution in [2.75, 3.05) is 13.1 Å². The van der Waals surface area contributed by atoms with E-state index in [1.54, 1.807) is 0 Å². The molecule has 12 heavy (non-hydrogen) atoms. The number of nitrogens with two attached hydrogens (primary N) is 2. The van der Waals surface area contributed by atoms with Crippen LogP contribution in [0.15, 0.2) is 12.2 Å². The summed E-state index contributed by atoms with van der Waals surface area (Å²) in [5, 5.41) is 6.88. The maximum Gasteiger partial charge on any atom is 0.0106 e. The molecule has 0 aliphatic rings. The first-order valence-corrected chi connectivity index (χ1v) is 4.39. The average molecular weight is 169 g/mol. The van der Waals surface area contributed by atoms with Gasteiger partial charge in [0.1, 0.15) is 0 Å². The van der Waals surface area contributed by atoms with Crippen LogP contribution in [0, 0.1) is 11.3 Å². The first kappa shape index (κ1) is 11.3. The summed E-state index contributed by atoms with van der Waals surface area (Å²) in [6, 6.07) is 0. The second-order valence-corrected chi connectivity index (χ2v) is 2.83. The molecule has 0 fully saturated rings. The van der Waals surface area contributed by atoms with E-state index in [9.17, 15) is 0 Å². The van der Waals surface area contributed by atoms with Crippen molar-refractivity contribution in [3.8, 4) is 0 Å². The van der Waals surface area contributed by atoms with Crippen molar-refractivity contribution in [1.29, 1.82) is 5.41 Å². The molecule has 1 unspecified atom stereocenters. The molecule has 0 saturated carbocycles. The Labute approximate surface area is 74.3 Å². The van der Waals surface area contributed by atoms with Crippen LogP contribution >= 0.6 is 0 Å². The Kier molecular flexibility index (Phi) is 7.96. The van der Waals surface area contributed by atoms with Crippen LogP contribution in [0.4, 0.5) is 0 Å². The standard InChI is InChI=1S/C9H19N3/c10-6-2-1-4-9(8-12)5-3-7-11/h1-2,7,9,11H,3-6,8,10,12H2/b2-1+,11-7?. The maximum atomic E-state index is 6.88. The van der Waals surface area contributed by atoms with Crippen molar-refractivity contribution in [2.24, 2.45) is 17.4 Å². The largest absolute Gasteiger partial charge is 0.330 e. The SMILES string of the molecule is N=CCCC(CN)C/C=C/CN. The van der Waals surface area contributed by atoms with Gasteiger partial charge < -0.3 is 16.9 Å². The number of allylic oxidation sites excluding steroid dienone is 1. The van der Waals surface area contributed by atoms with E-state index in [1.165, 1.54) is 6.21 Å². The third-order valence-corrected chi connectivity index (χ3v) is 1.82. The van der Waals surface area contributed by atoms with Crippen LogP contribution in [0.2, 0.25) is 0 Å². The van der Waals surface area contributed by atoms with Crippen LogP contribution in [0.3, 0.4) is 0 Å². The van der Waals surface area contributed by atoms with Crippen molar-refractivity contribution >= 4 is 6.21 Å². The molecule has 0 rings (SSSR count). The minimum absolute atomic E-state index is 0.509. The van der Waals surface area contributed by atoms with Crippen LogP contribution in [0.25, 0.3) is 0 Å². The van der Waals surface area contributed by atoms with E-state index >= 15 is 0 Å². The van der Waals surface area contributed by atoms with Gasteiger partial charge in [-0.2, -0.15) is 0 Å². The monoisotopic (exact) mass is 169 g/mol. The molecule has 0 radical (unpaired) electrons. The predicted molar refractivity (Wildman–Crippen MR) is 53.4 cm³/mol. The van der Waals surface area contributed by atoms with Gasteiger partial charge in [0.25, 0.3) is 0 Å². The molecule has 0 saturated heterocycles. The molecule has 3 nitrogen and oxygen atoms in total. The fourth-order valence-corrected chi connectivity index (χ4v) is 1.04. The Morgan fingerprint density at radius 1 is 1.25 bits per heavy atom. The van der Waals surface area contributed by atoms with Crippen LogP contribution in [0.5, 0.6) is 0 Å². The minimum Gasteiger partial charge on any atom is -0.330 e. The summed E-state index contributed by atoms with van der Waals surface area (Å²) in [6.07, 6.45) is 8.29. The molecule has 70 valence electrons. The van der Waals surface area contributed by atoms with Gasteiger partial charge in [-0.1, -0.05) is 12.2 Å². The quantitative estimate of drug-likeness (QED) is 0.391. The molecule has 1 atom stereocenters. The van der Waals surface area contributed by atoms with E-state index in [0.29, 0.717) is 19.0 Å². The van der Waals surface area contributed by atoms with Gasteiger partial charge in [-0.15, -0.1) is 0 Å². The summed E-state index contributed by atoms with van der Waals surface area (Å²) in [7, 11) is 0. The highest BCUT2D eigenvalue weighted by molar-refractivity contribution is 5.52. The van der Waals surface area contributed by atoms with Gasteiger partial charge in [0.15, 0.2) is 0 Å². The zero-order valence-electron chi connectivity index (χ0n) is 7.50. The highest BCUT2D eigenvalue weighted by atomic mass is 14.5. The summed E-state index contributed by atoms with van der Waals surface area (Å²) in [6.45, 7) is 1.30. The lowest BCUT2D eigenvalue weighted by Crippen LogP contribution is -2.13. The molecule has 0 bridgehead atoms. The van der Waals surface area contributed by atoms with Crippen LogP contribution < -0.4 is 11.5 Å². The molecule has 0 aromatic carbocycles. The van der Waals surface area contributed by atoms with E-state index in [2.05, 4.69) is 6.08 Å². The van der Waals surface area contributed by atoms with Crippen molar-refractivity contribution in [3.63, 3.8) is 0 Å². The molecule has 0 spiro atoms. The van der Waals surface area contributed by atoms with E-state index < -0.39 is 0 Å². The maximum absolute atomic E-state index is 6.88. The predicted octanol–water partition coefficient (Wildman–Crippen LogP) is 0.896. The molecular weight excluding hydrogens is 150 g/mol. The fourth-order valence-electron chi connectivity index (χ4n) is 1.04. The highest BCUT2D eigenvalue weighted by Crippen LogP contribution is 2.08. The number of nitrogens with one attached hydrogen (secondary N) is 1. The molecule has 0 aromatic rings. The van der Waals surface area contributed by atoms with E-state index in [4.69, 9.17) is 16.9 Å². The van der Waals surface area contributed by atoms with E-state index in [1.807, 2.05) is 6.08 Å². The van der Waals surface area contributed by atoms with Gasteiger partial charge in [-0.05, 0) is 37.9 Å². The number of hydrogen-bond acceptors (Lipinski definition) is 3. The summed E-state index contributed by atoms with van der Waals surface area (Å²) in [5.74, 6) is 0.509. The second kappa shape index (κ2) is 8.43. The second-order valence-electron chi connectivity index (χ2n) is 2.83. The van der Waals surface area contributed by atoms with E-state index in [0.717, 1.165) is 19.3 Å². The molecule has 0 amide bonds. The van der Waals surface area contributed by atoms with Crippen molar-refractivity contribution in [2.45, 2.75) is 19.3 Å². The first-order chi connectivity index (χ1) is 5.85. The number of hydrogen-bond donors (Lipinski definition) is 3. The summed E-state index contributed by atoms with van der Waals surface area (Å²) in [5.41, 5.74) is 10.9. The Morgan fingerprint density at radius 2 is 2.00 bits per heavy atom. The smallest absolute Gasteiger partial charge is 0.0106 e. The molecule has 0 aliphatic carbocycles. The lowest BCUT2D eigenvalue weighted by molar-refractivity contribution is 0.515. The van der Waals surface area contributed by atoms with Crippen LogP contribution in [-0.4, -0.2) is 19.3 Å². The third kappa shape index (κ3) is 6.07. The highest BCUT2D eigenvalue weighted by Gasteiger charge is 2.02. The summed E-state index contributed by atoms with van der Waals surface area (Å²) >= 11 is 0. The number of rotatable bonds is 7. The lowest BCUT2D eigenvalue weighted by Gasteiger charge is -2.09. The van der Waals surface area contributed by atoms with Crippen LogP contribution in [-0.2, 0) is 0 Å². The normalized spacial score (nSPS) is 13.5. The van der Waals surface area contributed by atoms with E-state index in [-0.39, 0.29) is 0 Å². The third-order valence-electron chi connectivity index (χ3n) is 1.82. The van der Waals surface area contributed by atoms with Crippen molar-refractivity contribution in [1.82, 2.24) is 0 Å². The average Bonchev–Trinajstić information content (AvgIpc) is 2.11. The Hall–Kier alpha value is -0.670. The van der Waals surface area contributed by atoms with Gasteiger partial charge in [-0.25, -0.2) is 0 Å². The van der Waals surface area contributed by atoms with Gasteiger partial charge in [-0.3, -0.25) is 0 Å². The zero-order valence-corrected chi connectivity index (χ0v) is 7.50. The summed E-state index contributed by atoms with van der Waals surface area (Å²) in [4.78, 5) is 0. The molecule has 0 aliphatic heterocycles. The van der Waals surface area contributed by atoms with Gasteiger partial charge >= 0.3 is 0 Å². The molecular formula is C9H19N3. The lowest BCUT2D eigenvalue weighted by atomic mass is 10.00. The van der Waals surface area contributed by atoms with Crippen molar-refractivity contribution in [3.05, 3.63) is 12.2 Å². The zero-order chi connectivity index (χ0) is 9.23. The van der Waals surface area contributed by atoms with Gasteiger partial charge in [0, 0.05) is 6.54 Å². The molecule has 0 aromatic heterocycles. The van der Waals surface area contributed by atoms with Crippen molar-refractivity contribution < 1.29 is 0 Å². The van der Waals surface area contributed by atoms with Crippen LogP contribution in [0.1, 0.15) is 19.3 Å². The van der Waals surface area contributed by atoms with Gasteiger partial charge in [0.2, 0.25) is 0 Å². The Morgan fingerprint density at radius 3 is 2.50 bits per heavy atom. The summed E-state index contributed by atoms with van der Waals surface area (Å²) < 4.78 is 0. The molecule has 0 heterocycles. The minimum atomic E-state index is 0.509. The Bertz CT molecular complexity index is 132. The Balaban J connectivity index is 3.51. The van der Waals surface area contributed by atoms with Gasteiger partial charge in [0.05, 0.1) is 0 Å². The fraction of sp³-hybridized carbons (Fsp3) is 0.667.